The summed E-state index contributed by atoms with van der Waals surface area (Å²) in [5.41, 5.74) is 0.882. The van der Waals surface area contributed by atoms with Gasteiger partial charge in [0.05, 0.1) is 14.4 Å². The molecule has 2 heterocycles. The van der Waals surface area contributed by atoms with Gasteiger partial charge in [0.1, 0.15) is 0 Å². The fraction of sp³-hybridized carbons (Fsp3) is 0. The molecule has 0 saturated carbocycles. The van der Waals surface area contributed by atoms with Crippen molar-refractivity contribution in [3.05, 3.63) is 61.3 Å². The van der Waals surface area contributed by atoms with Gasteiger partial charge >= 0.3 is 5.97 Å². The molecule has 100 valence electrons. The summed E-state index contributed by atoms with van der Waals surface area (Å²) in [6.07, 6.45) is 1.70. The standard InChI is InChI=1S/C14H7BrClNO2S/c15-12-6-5-8(20-12)7-11-14(18)19-13(17-11)9-3-1-2-4-10(9)16/h1-7H/b11-7-. The van der Waals surface area contributed by atoms with Crippen LogP contribution in [0.5, 0.6) is 0 Å². The van der Waals surface area contributed by atoms with Gasteiger partial charge in [-0.25, -0.2) is 9.79 Å². The normalized spacial score (nSPS) is 16.4. The van der Waals surface area contributed by atoms with Gasteiger partial charge in [-0.15, -0.1) is 11.3 Å². The van der Waals surface area contributed by atoms with E-state index in [0.29, 0.717) is 10.6 Å². The van der Waals surface area contributed by atoms with Crippen molar-refractivity contribution < 1.29 is 9.53 Å². The van der Waals surface area contributed by atoms with Gasteiger partial charge in [0.25, 0.3) is 0 Å². The minimum absolute atomic E-state index is 0.238. The number of cyclic esters (lactones) is 1. The van der Waals surface area contributed by atoms with E-state index in [9.17, 15) is 4.79 Å². The van der Waals surface area contributed by atoms with E-state index in [1.807, 2.05) is 24.3 Å². The largest absolute Gasteiger partial charge is 0.402 e. The fourth-order valence-electron chi connectivity index (χ4n) is 1.70. The first-order valence-corrected chi connectivity index (χ1v) is 7.65. The van der Waals surface area contributed by atoms with E-state index in [-0.39, 0.29) is 11.6 Å². The molecule has 0 unspecified atom stereocenters. The number of hydrogen-bond acceptors (Lipinski definition) is 4. The summed E-state index contributed by atoms with van der Waals surface area (Å²) >= 11 is 11.0. The number of carbonyl (C=O) groups is 1. The maximum absolute atomic E-state index is 11.8. The van der Waals surface area contributed by atoms with Gasteiger partial charge in [0.15, 0.2) is 5.70 Å². The molecule has 0 N–H and O–H groups in total. The van der Waals surface area contributed by atoms with Crippen molar-refractivity contribution in [3.8, 4) is 0 Å². The maximum Gasteiger partial charge on any atom is 0.363 e. The Kier molecular flexibility index (Phi) is 3.74. The number of hydrogen-bond donors (Lipinski definition) is 0. The van der Waals surface area contributed by atoms with Crippen molar-refractivity contribution in [1.82, 2.24) is 0 Å². The molecule has 0 radical (unpaired) electrons. The highest BCUT2D eigenvalue weighted by Gasteiger charge is 2.25. The molecular weight excluding hydrogens is 362 g/mol. The molecule has 6 heteroatoms. The van der Waals surface area contributed by atoms with E-state index in [1.165, 1.54) is 11.3 Å². The Balaban J connectivity index is 1.97. The Morgan fingerprint density at radius 2 is 2.05 bits per heavy atom. The zero-order chi connectivity index (χ0) is 14.1. The van der Waals surface area contributed by atoms with Crippen molar-refractivity contribution in [1.29, 1.82) is 0 Å². The quantitative estimate of drug-likeness (QED) is 0.578. The molecule has 1 aromatic carbocycles. The molecule has 0 atom stereocenters. The molecule has 3 nitrogen and oxygen atoms in total. The predicted molar refractivity (Wildman–Crippen MR) is 84.1 cm³/mol. The second-order valence-electron chi connectivity index (χ2n) is 3.96. The Morgan fingerprint density at radius 3 is 2.75 bits per heavy atom. The number of thiophene rings is 1. The van der Waals surface area contributed by atoms with Crippen LogP contribution in [0.4, 0.5) is 0 Å². The fourth-order valence-corrected chi connectivity index (χ4v) is 3.28. The molecule has 1 aliphatic heterocycles. The Bertz CT molecular complexity index is 751. The van der Waals surface area contributed by atoms with E-state index in [1.54, 1.807) is 18.2 Å². The summed E-state index contributed by atoms with van der Waals surface area (Å²) in [5, 5.41) is 0.499. The summed E-state index contributed by atoms with van der Waals surface area (Å²) in [4.78, 5) is 17.0. The van der Waals surface area contributed by atoms with E-state index < -0.39 is 5.97 Å². The van der Waals surface area contributed by atoms with Crippen LogP contribution in [0.2, 0.25) is 5.02 Å². The Hall–Kier alpha value is -1.43. The number of halogens is 2. The van der Waals surface area contributed by atoms with Gasteiger partial charge in [0, 0.05) is 4.88 Å². The monoisotopic (exact) mass is 367 g/mol. The van der Waals surface area contributed by atoms with Crippen molar-refractivity contribution >= 4 is 56.8 Å². The second-order valence-corrected chi connectivity index (χ2v) is 6.86. The summed E-state index contributed by atoms with van der Waals surface area (Å²) in [6.45, 7) is 0. The van der Waals surface area contributed by atoms with Gasteiger partial charge in [-0.2, -0.15) is 0 Å². The molecule has 1 aromatic heterocycles. The molecule has 0 spiro atoms. The van der Waals surface area contributed by atoms with E-state index in [4.69, 9.17) is 16.3 Å². The molecule has 2 aromatic rings. The zero-order valence-electron chi connectivity index (χ0n) is 9.97. The highest BCUT2D eigenvalue weighted by Crippen LogP contribution is 2.27. The smallest absolute Gasteiger partial charge is 0.363 e. The summed E-state index contributed by atoms with van der Waals surface area (Å²) < 4.78 is 6.16. The van der Waals surface area contributed by atoms with Gasteiger partial charge < -0.3 is 4.74 Å². The van der Waals surface area contributed by atoms with Gasteiger partial charge in [0.2, 0.25) is 5.90 Å². The molecule has 3 rings (SSSR count). The molecule has 0 aliphatic carbocycles. The first-order valence-electron chi connectivity index (χ1n) is 5.66. The zero-order valence-corrected chi connectivity index (χ0v) is 13.1. The highest BCUT2D eigenvalue weighted by atomic mass is 79.9. The first kappa shape index (κ1) is 13.5. The Labute approximate surface area is 132 Å². The van der Waals surface area contributed by atoms with Crippen LogP contribution >= 0.6 is 38.9 Å². The van der Waals surface area contributed by atoms with Crippen molar-refractivity contribution in [2.45, 2.75) is 0 Å². The van der Waals surface area contributed by atoms with Crippen LogP contribution in [-0.4, -0.2) is 11.9 Å². The lowest BCUT2D eigenvalue weighted by Gasteiger charge is -2.00. The number of esters is 1. The molecule has 0 bridgehead atoms. The molecular formula is C14H7BrClNO2S. The minimum Gasteiger partial charge on any atom is -0.402 e. The van der Waals surface area contributed by atoms with Crippen LogP contribution in [0, 0.1) is 0 Å². The van der Waals surface area contributed by atoms with Gasteiger partial charge in [-0.3, -0.25) is 0 Å². The number of benzene rings is 1. The van der Waals surface area contributed by atoms with Crippen molar-refractivity contribution in [2.24, 2.45) is 4.99 Å². The summed E-state index contributed by atoms with van der Waals surface area (Å²) in [7, 11) is 0. The lowest BCUT2D eigenvalue weighted by molar-refractivity contribution is -0.129. The third-order valence-electron chi connectivity index (χ3n) is 2.60. The maximum atomic E-state index is 11.8. The van der Waals surface area contributed by atoms with Crippen LogP contribution in [0.1, 0.15) is 10.4 Å². The van der Waals surface area contributed by atoms with Crippen LogP contribution < -0.4 is 0 Å². The van der Waals surface area contributed by atoms with Crippen LogP contribution in [-0.2, 0) is 9.53 Å². The van der Waals surface area contributed by atoms with E-state index in [2.05, 4.69) is 20.9 Å². The van der Waals surface area contributed by atoms with E-state index >= 15 is 0 Å². The van der Waals surface area contributed by atoms with Crippen molar-refractivity contribution in [3.63, 3.8) is 0 Å². The molecule has 0 amide bonds. The van der Waals surface area contributed by atoms with Gasteiger partial charge in [-0.1, -0.05) is 23.7 Å². The second kappa shape index (κ2) is 5.52. The van der Waals surface area contributed by atoms with E-state index in [0.717, 1.165) is 8.66 Å². The number of carbonyl (C=O) groups excluding carboxylic acids is 1. The lowest BCUT2D eigenvalue weighted by Crippen LogP contribution is -2.05. The molecule has 0 saturated heterocycles. The van der Waals surface area contributed by atoms with Crippen LogP contribution in [0.3, 0.4) is 0 Å². The van der Waals surface area contributed by atoms with Gasteiger partial charge in [-0.05, 0) is 46.3 Å². The third kappa shape index (κ3) is 2.70. The number of nitrogens with zero attached hydrogens (tertiary/aromatic N) is 1. The van der Waals surface area contributed by atoms with Crippen molar-refractivity contribution in [2.75, 3.05) is 0 Å². The van der Waals surface area contributed by atoms with Crippen LogP contribution in [0.25, 0.3) is 6.08 Å². The predicted octanol–water partition coefficient (Wildman–Crippen LogP) is 4.51. The molecule has 0 fully saturated rings. The SMILES string of the molecule is O=C1OC(c2ccccc2Cl)=N/C1=C\c1ccc(Br)s1. The highest BCUT2D eigenvalue weighted by molar-refractivity contribution is 9.11. The average molecular weight is 369 g/mol. The minimum atomic E-state index is -0.468. The number of aliphatic imine (C=N–C) groups is 1. The average Bonchev–Trinajstić information content (AvgIpc) is 2.98. The molecule has 1 aliphatic rings. The lowest BCUT2D eigenvalue weighted by atomic mass is 10.2. The molecule has 20 heavy (non-hydrogen) atoms. The number of rotatable bonds is 2. The topological polar surface area (TPSA) is 38.7 Å². The number of ether oxygens (including phenoxy) is 1. The first-order chi connectivity index (χ1) is 9.63. The van der Waals surface area contributed by atoms with Crippen LogP contribution in [0.15, 0.2) is 50.9 Å². The third-order valence-corrected chi connectivity index (χ3v) is 4.50. The summed E-state index contributed by atoms with van der Waals surface area (Å²) in [6, 6.07) is 10.9. The summed E-state index contributed by atoms with van der Waals surface area (Å²) in [5.74, 6) is -0.230. The Morgan fingerprint density at radius 1 is 1.25 bits per heavy atom.